The van der Waals surface area contributed by atoms with E-state index in [1.807, 2.05) is 12.3 Å². The van der Waals surface area contributed by atoms with Crippen molar-refractivity contribution in [1.29, 1.82) is 0 Å². The summed E-state index contributed by atoms with van der Waals surface area (Å²) in [6.07, 6.45) is 10.5. The molecule has 0 unspecified atom stereocenters. The standard InChI is InChI=1S/C17H21ClN2/c18-15-10-14(7-6-13-4-2-1-3-5-13)11-20-16(15)17(12-19)8-9-17/h10-11,13H,1-5,8-9,12,19H2. The van der Waals surface area contributed by atoms with Crippen LogP contribution in [-0.4, -0.2) is 11.5 Å². The van der Waals surface area contributed by atoms with Gasteiger partial charge in [-0.3, -0.25) is 4.98 Å². The molecule has 0 aromatic carbocycles. The molecule has 0 aliphatic heterocycles. The van der Waals surface area contributed by atoms with Crippen LogP contribution in [-0.2, 0) is 5.41 Å². The molecule has 106 valence electrons. The Bertz CT molecular complexity index is 546. The quantitative estimate of drug-likeness (QED) is 0.844. The van der Waals surface area contributed by atoms with E-state index in [2.05, 4.69) is 16.8 Å². The third kappa shape index (κ3) is 2.85. The third-order valence-electron chi connectivity index (χ3n) is 4.61. The van der Waals surface area contributed by atoms with E-state index < -0.39 is 0 Å². The van der Waals surface area contributed by atoms with Gasteiger partial charge in [-0.25, -0.2) is 0 Å². The predicted octanol–water partition coefficient (Wildman–Crippen LogP) is 3.66. The number of halogens is 1. The first-order valence-corrected chi connectivity index (χ1v) is 7.99. The first-order chi connectivity index (χ1) is 9.73. The Kier molecular flexibility index (Phi) is 4.01. The minimum absolute atomic E-state index is 0.0480. The maximum Gasteiger partial charge on any atom is 0.0664 e. The molecule has 2 fully saturated rings. The number of hydrogen-bond acceptors (Lipinski definition) is 2. The molecule has 2 nitrogen and oxygen atoms in total. The molecule has 0 spiro atoms. The van der Waals surface area contributed by atoms with Crippen LogP contribution in [0.3, 0.4) is 0 Å². The van der Waals surface area contributed by atoms with Gasteiger partial charge in [0.05, 0.1) is 10.7 Å². The molecule has 0 saturated heterocycles. The van der Waals surface area contributed by atoms with Crippen molar-refractivity contribution in [2.24, 2.45) is 11.7 Å². The number of nitrogens with zero attached hydrogens (tertiary/aromatic N) is 1. The molecule has 3 rings (SSSR count). The van der Waals surface area contributed by atoms with Crippen LogP contribution in [0.15, 0.2) is 12.3 Å². The minimum Gasteiger partial charge on any atom is -0.330 e. The summed E-state index contributed by atoms with van der Waals surface area (Å²) >= 11 is 6.37. The maximum absolute atomic E-state index is 6.37. The molecule has 2 aliphatic carbocycles. The van der Waals surface area contributed by atoms with E-state index in [0.29, 0.717) is 12.5 Å². The monoisotopic (exact) mass is 288 g/mol. The van der Waals surface area contributed by atoms with Gasteiger partial charge in [-0.1, -0.05) is 42.7 Å². The fraction of sp³-hybridized carbons (Fsp3) is 0.588. The van der Waals surface area contributed by atoms with Crippen LogP contribution in [0.2, 0.25) is 5.02 Å². The molecule has 2 aliphatic rings. The highest BCUT2D eigenvalue weighted by atomic mass is 35.5. The number of nitrogens with two attached hydrogens (primary N) is 1. The molecule has 0 atom stereocenters. The van der Waals surface area contributed by atoms with E-state index >= 15 is 0 Å². The Labute approximate surface area is 126 Å². The second-order valence-corrected chi connectivity index (χ2v) is 6.55. The second-order valence-electron chi connectivity index (χ2n) is 6.14. The molecule has 0 amide bonds. The molecule has 0 radical (unpaired) electrons. The van der Waals surface area contributed by atoms with E-state index in [-0.39, 0.29) is 5.41 Å². The summed E-state index contributed by atoms with van der Waals surface area (Å²) in [6, 6.07) is 1.95. The van der Waals surface area contributed by atoms with Gasteiger partial charge in [0.2, 0.25) is 0 Å². The second kappa shape index (κ2) is 5.76. The lowest BCUT2D eigenvalue weighted by Gasteiger charge is -2.15. The summed E-state index contributed by atoms with van der Waals surface area (Å²) in [5, 5.41) is 0.725. The molecule has 2 saturated carbocycles. The summed E-state index contributed by atoms with van der Waals surface area (Å²) < 4.78 is 0. The van der Waals surface area contributed by atoms with E-state index in [9.17, 15) is 0 Å². The molecule has 1 aromatic heterocycles. The first-order valence-electron chi connectivity index (χ1n) is 7.61. The molecule has 1 aromatic rings. The number of pyridine rings is 1. The minimum atomic E-state index is 0.0480. The molecule has 1 heterocycles. The van der Waals surface area contributed by atoms with Crippen molar-refractivity contribution < 1.29 is 0 Å². The highest BCUT2D eigenvalue weighted by Crippen LogP contribution is 2.48. The lowest BCUT2D eigenvalue weighted by atomic mass is 9.90. The largest absolute Gasteiger partial charge is 0.330 e. The van der Waals surface area contributed by atoms with Crippen LogP contribution in [0, 0.1) is 17.8 Å². The maximum atomic E-state index is 6.37. The first kappa shape index (κ1) is 13.9. The fourth-order valence-electron chi connectivity index (χ4n) is 3.02. The molecule has 20 heavy (non-hydrogen) atoms. The van der Waals surface area contributed by atoms with Crippen LogP contribution < -0.4 is 5.73 Å². The molecular formula is C17H21ClN2. The van der Waals surface area contributed by atoms with Crippen LogP contribution in [0.5, 0.6) is 0 Å². The summed E-state index contributed by atoms with van der Waals surface area (Å²) in [6.45, 7) is 0.632. The van der Waals surface area contributed by atoms with Crippen molar-refractivity contribution in [3.63, 3.8) is 0 Å². The fourth-order valence-corrected chi connectivity index (χ4v) is 3.38. The van der Waals surface area contributed by atoms with Crippen molar-refractivity contribution in [3.05, 3.63) is 28.5 Å². The van der Waals surface area contributed by atoms with Crippen LogP contribution >= 0.6 is 11.6 Å². The SMILES string of the molecule is NCC1(c2ncc(C#CC3CCCCC3)cc2Cl)CC1. The number of rotatable bonds is 2. The van der Waals surface area contributed by atoms with Gasteiger partial charge in [-0.05, 0) is 31.7 Å². The van der Waals surface area contributed by atoms with Gasteiger partial charge in [-0.2, -0.15) is 0 Å². The smallest absolute Gasteiger partial charge is 0.0664 e. The summed E-state index contributed by atoms with van der Waals surface area (Å²) in [7, 11) is 0. The average Bonchev–Trinajstić information content (AvgIpc) is 3.27. The van der Waals surface area contributed by atoms with E-state index in [0.717, 1.165) is 29.1 Å². The Morgan fingerprint density at radius 2 is 2.05 bits per heavy atom. The van der Waals surface area contributed by atoms with Gasteiger partial charge in [0, 0.05) is 29.6 Å². The van der Waals surface area contributed by atoms with E-state index in [4.69, 9.17) is 17.3 Å². The van der Waals surface area contributed by atoms with Crippen molar-refractivity contribution in [3.8, 4) is 11.8 Å². The van der Waals surface area contributed by atoms with E-state index in [1.165, 1.54) is 32.1 Å². The van der Waals surface area contributed by atoms with Crippen molar-refractivity contribution in [2.75, 3.05) is 6.54 Å². The lowest BCUT2D eigenvalue weighted by Crippen LogP contribution is -2.21. The summed E-state index contributed by atoms with van der Waals surface area (Å²) in [4.78, 5) is 4.53. The highest BCUT2D eigenvalue weighted by molar-refractivity contribution is 6.31. The number of hydrogen-bond donors (Lipinski definition) is 1. The van der Waals surface area contributed by atoms with Crippen LogP contribution in [0.4, 0.5) is 0 Å². The Morgan fingerprint density at radius 3 is 2.65 bits per heavy atom. The predicted molar refractivity (Wildman–Crippen MR) is 82.7 cm³/mol. The zero-order valence-corrected chi connectivity index (χ0v) is 12.5. The molecular weight excluding hydrogens is 268 g/mol. The van der Waals surface area contributed by atoms with Gasteiger partial charge < -0.3 is 5.73 Å². The van der Waals surface area contributed by atoms with Crippen molar-refractivity contribution >= 4 is 11.6 Å². The zero-order valence-electron chi connectivity index (χ0n) is 11.8. The Balaban J connectivity index is 1.75. The van der Waals surface area contributed by atoms with Gasteiger partial charge in [0.1, 0.15) is 0 Å². The van der Waals surface area contributed by atoms with Gasteiger partial charge in [0.25, 0.3) is 0 Å². The van der Waals surface area contributed by atoms with Crippen LogP contribution in [0.25, 0.3) is 0 Å². The highest BCUT2D eigenvalue weighted by Gasteiger charge is 2.45. The summed E-state index contributed by atoms with van der Waals surface area (Å²) in [5.41, 5.74) is 7.78. The zero-order chi connectivity index (χ0) is 14.0. The Hall–Kier alpha value is -1.04. The molecule has 2 N–H and O–H groups in total. The lowest BCUT2D eigenvalue weighted by molar-refractivity contribution is 0.430. The van der Waals surface area contributed by atoms with Crippen molar-refractivity contribution in [1.82, 2.24) is 4.98 Å². The Morgan fingerprint density at radius 1 is 1.30 bits per heavy atom. The van der Waals surface area contributed by atoms with Crippen LogP contribution in [0.1, 0.15) is 56.2 Å². The topological polar surface area (TPSA) is 38.9 Å². The van der Waals surface area contributed by atoms with E-state index in [1.54, 1.807) is 0 Å². The van der Waals surface area contributed by atoms with Crippen molar-refractivity contribution in [2.45, 2.75) is 50.4 Å². The summed E-state index contributed by atoms with van der Waals surface area (Å²) in [5.74, 6) is 7.18. The molecule has 3 heteroatoms. The average molecular weight is 289 g/mol. The van der Waals surface area contributed by atoms with Gasteiger partial charge in [-0.15, -0.1) is 0 Å². The third-order valence-corrected chi connectivity index (χ3v) is 4.90. The number of aromatic nitrogens is 1. The van der Waals surface area contributed by atoms with Gasteiger partial charge in [0.15, 0.2) is 0 Å². The molecule has 0 bridgehead atoms. The van der Waals surface area contributed by atoms with Gasteiger partial charge >= 0.3 is 0 Å². The normalized spacial score (nSPS) is 21.1.